The number of hydrogen-bond acceptors (Lipinski definition) is 7. The number of β-amino-alcohol motifs (C(OH)–C–C–N with tert-alkyl or cyclic N) is 1. The minimum absolute atomic E-state index is 0.0227. The predicted octanol–water partition coefficient (Wildman–Crippen LogP) is 0.875. The van der Waals surface area contributed by atoms with Crippen LogP contribution in [-0.2, 0) is 10.0 Å². The van der Waals surface area contributed by atoms with E-state index in [4.69, 9.17) is 0 Å². The molecule has 5 rings (SSSR count). The maximum Gasteiger partial charge on any atom is 0.337 e. The summed E-state index contributed by atoms with van der Waals surface area (Å²) in [4.78, 5) is 31.0. The molecule has 4 heterocycles. The summed E-state index contributed by atoms with van der Waals surface area (Å²) in [5.41, 5.74) is 1.05. The number of aromatic nitrogens is 2. The molecule has 0 radical (unpaired) electrons. The molecular weight excluding hydrogens is 508 g/mol. The second-order valence-corrected chi connectivity index (χ2v) is 13.4. The van der Waals surface area contributed by atoms with Crippen LogP contribution in [0.25, 0.3) is 11.0 Å². The molecular formula is C26H40N6O5S. The Labute approximate surface area is 224 Å². The Morgan fingerprint density at radius 2 is 1.63 bits per heavy atom. The monoisotopic (exact) mass is 548 g/mol. The van der Waals surface area contributed by atoms with Crippen LogP contribution in [0.2, 0.25) is 0 Å². The van der Waals surface area contributed by atoms with E-state index in [9.17, 15) is 23.1 Å². The molecule has 210 valence electrons. The molecule has 3 aliphatic rings. The topological polar surface area (TPSA) is 120 Å². The molecule has 1 unspecified atom stereocenters. The van der Waals surface area contributed by atoms with Gasteiger partial charge in [-0.15, -0.1) is 0 Å². The number of sulfonamides is 1. The second kappa shape index (κ2) is 10.7. The van der Waals surface area contributed by atoms with E-state index in [0.29, 0.717) is 44.8 Å². The Kier molecular flexibility index (Phi) is 7.71. The minimum atomic E-state index is -3.17. The first-order valence-corrected chi connectivity index (χ1v) is 15.5. The molecule has 1 aromatic carbocycles. The maximum atomic E-state index is 13.3. The number of carbonyl (C=O) groups is 1. The number of nitrogens with one attached hydrogen (secondary N) is 1. The van der Waals surface area contributed by atoms with E-state index in [1.54, 1.807) is 4.57 Å². The SMILES string of the molecule is CC(C)n1c(=O)n(C(=O)NC2C[C@H]3CC[C@@H](C2)N3C[C@H](O)CN2CCN(S(C)(=O)=O)CC2)c2ccccc21. The molecule has 3 saturated heterocycles. The van der Waals surface area contributed by atoms with Gasteiger partial charge >= 0.3 is 11.7 Å². The molecule has 38 heavy (non-hydrogen) atoms. The maximum absolute atomic E-state index is 13.3. The molecule has 0 aliphatic carbocycles. The predicted molar refractivity (Wildman–Crippen MR) is 146 cm³/mol. The van der Waals surface area contributed by atoms with Crippen molar-refractivity contribution >= 4 is 27.1 Å². The van der Waals surface area contributed by atoms with Gasteiger partial charge in [-0.05, 0) is 51.7 Å². The number of fused-ring (bicyclic) bond motifs is 3. The molecule has 0 saturated carbocycles. The van der Waals surface area contributed by atoms with Gasteiger partial charge in [0.2, 0.25) is 10.0 Å². The van der Waals surface area contributed by atoms with Gasteiger partial charge in [-0.1, -0.05) is 12.1 Å². The van der Waals surface area contributed by atoms with Gasteiger partial charge in [-0.2, -0.15) is 4.31 Å². The van der Waals surface area contributed by atoms with Crippen molar-refractivity contribution in [2.24, 2.45) is 0 Å². The second-order valence-electron chi connectivity index (χ2n) is 11.4. The number of aliphatic hydroxyl groups excluding tert-OH is 1. The van der Waals surface area contributed by atoms with Crippen molar-refractivity contribution in [1.82, 2.24) is 28.6 Å². The highest BCUT2D eigenvalue weighted by Crippen LogP contribution is 2.36. The van der Waals surface area contributed by atoms with Crippen molar-refractivity contribution in [1.29, 1.82) is 0 Å². The third-order valence-electron chi connectivity index (χ3n) is 8.40. The van der Waals surface area contributed by atoms with E-state index in [0.717, 1.165) is 31.2 Å². The van der Waals surface area contributed by atoms with Gasteiger partial charge < -0.3 is 10.4 Å². The number of carbonyl (C=O) groups excluding carboxylic acids is 1. The smallest absolute Gasteiger partial charge is 0.337 e. The van der Waals surface area contributed by atoms with Gasteiger partial charge in [-0.3, -0.25) is 14.4 Å². The van der Waals surface area contributed by atoms with Gasteiger partial charge in [0.15, 0.2) is 0 Å². The molecule has 2 bridgehead atoms. The number of aliphatic hydroxyl groups is 1. The number of nitrogens with zero attached hydrogens (tertiary/aromatic N) is 5. The van der Waals surface area contributed by atoms with E-state index < -0.39 is 16.1 Å². The fourth-order valence-electron chi connectivity index (χ4n) is 6.64. The zero-order chi connectivity index (χ0) is 27.2. The number of rotatable bonds is 7. The molecule has 12 heteroatoms. The van der Waals surface area contributed by atoms with Crippen LogP contribution in [0.15, 0.2) is 29.1 Å². The Hall–Kier alpha value is -2.25. The van der Waals surface area contributed by atoms with Crippen LogP contribution in [0.1, 0.15) is 45.6 Å². The van der Waals surface area contributed by atoms with Gasteiger partial charge in [0.1, 0.15) is 0 Å². The summed E-state index contributed by atoms with van der Waals surface area (Å²) in [5, 5.41) is 14.0. The first-order valence-electron chi connectivity index (χ1n) is 13.7. The van der Waals surface area contributed by atoms with Crippen LogP contribution < -0.4 is 11.0 Å². The highest BCUT2D eigenvalue weighted by Gasteiger charge is 2.42. The molecule has 1 amide bonds. The van der Waals surface area contributed by atoms with E-state index >= 15 is 0 Å². The summed E-state index contributed by atoms with van der Waals surface area (Å²) in [7, 11) is -3.17. The molecule has 4 atom stereocenters. The first-order chi connectivity index (χ1) is 18.0. The van der Waals surface area contributed by atoms with Gasteiger partial charge in [0.05, 0.1) is 23.4 Å². The number of para-hydroxylation sites is 2. The van der Waals surface area contributed by atoms with Crippen molar-refractivity contribution in [3.63, 3.8) is 0 Å². The fraction of sp³-hybridized carbons (Fsp3) is 0.692. The molecule has 11 nitrogen and oxygen atoms in total. The fourth-order valence-corrected chi connectivity index (χ4v) is 7.46. The van der Waals surface area contributed by atoms with E-state index in [1.807, 2.05) is 38.1 Å². The lowest BCUT2D eigenvalue weighted by Crippen LogP contribution is -2.55. The van der Waals surface area contributed by atoms with Crippen molar-refractivity contribution in [2.75, 3.05) is 45.5 Å². The molecule has 3 aliphatic heterocycles. The lowest BCUT2D eigenvalue weighted by atomic mass is 9.97. The summed E-state index contributed by atoms with van der Waals surface area (Å²) >= 11 is 0. The van der Waals surface area contributed by atoms with Crippen LogP contribution >= 0.6 is 0 Å². The zero-order valence-corrected chi connectivity index (χ0v) is 23.3. The third-order valence-corrected chi connectivity index (χ3v) is 9.70. The molecule has 3 fully saturated rings. The summed E-state index contributed by atoms with van der Waals surface area (Å²) < 4.78 is 27.9. The first kappa shape index (κ1) is 27.3. The Balaban J connectivity index is 1.18. The van der Waals surface area contributed by atoms with Gasteiger partial charge in [0.25, 0.3) is 0 Å². The summed E-state index contributed by atoms with van der Waals surface area (Å²) in [5.74, 6) is 0. The average molecular weight is 549 g/mol. The Morgan fingerprint density at radius 1 is 1.03 bits per heavy atom. The quantitative estimate of drug-likeness (QED) is 0.527. The van der Waals surface area contributed by atoms with Gasteiger partial charge in [0, 0.05) is 63.4 Å². The molecule has 0 spiro atoms. The lowest BCUT2D eigenvalue weighted by Gasteiger charge is -2.41. The van der Waals surface area contributed by atoms with Crippen LogP contribution in [0.3, 0.4) is 0 Å². The summed E-state index contributed by atoms with van der Waals surface area (Å²) in [6.45, 7) is 7.14. The summed E-state index contributed by atoms with van der Waals surface area (Å²) in [6.07, 6.45) is 4.36. The number of hydrogen-bond donors (Lipinski definition) is 2. The highest BCUT2D eigenvalue weighted by molar-refractivity contribution is 7.88. The number of piperidine rings is 1. The molecule has 2 aromatic rings. The average Bonchev–Trinajstić information content (AvgIpc) is 3.26. The van der Waals surface area contributed by atoms with Crippen LogP contribution in [-0.4, -0.2) is 113 Å². The minimum Gasteiger partial charge on any atom is -0.390 e. The Morgan fingerprint density at radius 3 is 2.21 bits per heavy atom. The number of amides is 1. The molecule has 2 N–H and O–H groups in total. The van der Waals surface area contributed by atoms with Crippen molar-refractivity contribution in [3.05, 3.63) is 34.7 Å². The van der Waals surface area contributed by atoms with Crippen molar-refractivity contribution in [3.8, 4) is 0 Å². The molecule has 1 aromatic heterocycles. The van der Waals surface area contributed by atoms with Crippen molar-refractivity contribution < 1.29 is 18.3 Å². The van der Waals surface area contributed by atoms with Crippen LogP contribution in [0.5, 0.6) is 0 Å². The van der Waals surface area contributed by atoms with E-state index in [2.05, 4.69) is 15.1 Å². The largest absolute Gasteiger partial charge is 0.390 e. The zero-order valence-electron chi connectivity index (χ0n) is 22.5. The van der Waals surface area contributed by atoms with Crippen LogP contribution in [0.4, 0.5) is 4.79 Å². The van der Waals surface area contributed by atoms with Crippen molar-refractivity contribution in [2.45, 2.75) is 69.8 Å². The van der Waals surface area contributed by atoms with Gasteiger partial charge in [-0.25, -0.2) is 22.6 Å². The number of piperazine rings is 1. The normalized spacial score (nSPS) is 26.3. The standard InChI is InChI=1S/C26H40N6O5S/c1-18(2)31-23-6-4-5-7-24(23)32(26(31)35)25(34)27-19-14-20-8-9-21(15-19)30(20)17-22(33)16-28-10-12-29(13-11-28)38(3,36)37/h4-7,18-22,33H,8-17H2,1-3H3,(H,27,34)/t19?,20-,21+,22-/m1/s1. The van der Waals surface area contributed by atoms with Crippen LogP contribution in [0, 0.1) is 0 Å². The van der Waals surface area contributed by atoms with E-state index in [1.165, 1.54) is 15.1 Å². The lowest BCUT2D eigenvalue weighted by molar-refractivity contribution is 0.0287. The number of benzene rings is 1. The number of imidazole rings is 1. The van der Waals surface area contributed by atoms with E-state index in [-0.39, 0.29) is 35.9 Å². The summed E-state index contributed by atoms with van der Waals surface area (Å²) in [6, 6.07) is 7.50. The highest BCUT2D eigenvalue weighted by atomic mass is 32.2. The Bertz CT molecular complexity index is 1320. The third kappa shape index (κ3) is 5.42.